The highest BCUT2D eigenvalue weighted by atomic mass is 15.2. The Hall–Kier alpha value is -0.0800. The van der Waals surface area contributed by atoms with Crippen LogP contribution in [-0.4, -0.2) is 36.6 Å². The molecule has 3 atom stereocenters. The second kappa shape index (κ2) is 5.37. The van der Waals surface area contributed by atoms with Crippen LogP contribution in [0.25, 0.3) is 0 Å². The van der Waals surface area contributed by atoms with E-state index in [-0.39, 0.29) is 0 Å². The van der Waals surface area contributed by atoms with Crippen LogP contribution in [0.3, 0.4) is 0 Å². The smallest absolute Gasteiger partial charge is 0.0120 e. The van der Waals surface area contributed by atoms with Gasteiger partial charge in [0, 0.05) is 18.6 Å². The molecule has 1 saturated heterocycles. The van der Waals surface area contributed by atoms with Gasteiger partial charge in [-0.2, -0.15) is 0 Å². The number of rotatable bonds is 6. The molecule has 2 nitrogen and oxygen atoms in total. The van der Waals surface area contributed by atoms with Crippen molar-refractivity contribution in [2.45, 2.75) is 71.4 Å². The Kier molecular flexibility index (Phi) is 3.92. The fourth-order valence-corrected chi connectivity index (χ4v) is 4.24. The third-order valence-corrected chi connectivity index (χ3v) is 6.21. The van der Waals surface area contributed by atoms with Crippen molar-refractivity contribution < 1.29 is 0 Å². The summed E-state index contributed by atoms with van der Waals surface area (Å²) in [6.45, 7) is 11.1. The molecule has 0 aromatic rings. The van der Waals surface area contributed by atoms with E-state index in [1.807, 2.05) is 0 Å². The van der Waals surface area contributed by atoms with Gasteiger partial charge in [-0.05, 0) is 75.8 Å². The van der Waals surface area contributed by atoms with E-state index in [4.69, 9.17) is 0 Å². The van der Waals surface area contributed by atoms with E-state index in [0.29, 0.717) is 0 Å². The van der Waals surface area contributed by atoms with E-state index in [2.05, 4.69) is 31.0 Å². The highest BCUT2D eigenvalue weighted by Crippen LogP contribution is 2.61. The molecule has 0 aromatic carbocycles. The monoisotopic (exact) mass is 264 g/mol. The molecule has 0 radical (unpaired) electrons. The molecule has 0 spiro atoms. The molecule has 2 heteroatoms. The van der Waals surface area contributed by atoms with Gasteiger partial charge in [-0.25, -0.2) is 0 Å². The summed E-state index contributed by atoms with van der Waals surface area (Å²) in [7, 11) is 0. The number of hydrogen-bond acceptors (Lipinski definition) is 2. The lowest BCUT2D eigenvalue weighted by atomic mass is 9.85. The predicted octanol–water partition coefficient (Wildman–Crippen LogP) is 3.28. The molecule has 19 heavy (non-hydrogen) atoms. The van der Waals surface area contributed by atoms with Gasteiger partial charge in [0.1, 0.15) is 0 Å². The summed E-state index contributed by atoms with van der Waals surface area (Å²) >= 11 is 0. The van der Waals surface area contributed by atoms with E-state index in [1.165, 1.54) is 58.2 Å². The van der Waals surface area contributed by atoms with Crippen LogP contribution in [0.5, 0.6) is 0 Å². The molecule has 1 heterocycles. The molecule has 1 aliphatic heterocycles. The van der Waals surface area contributed by atoms with Crippen LogP contribution in [0.2, 0.25) is 0 Å². The van der Waals surface area contributed by atoms with Gasteiger partial charge >= 0.3 is 0 Å². The lowest BCUT2D eigenvalue weighted by Crippen LogP contribution is -2.54. The van der Waals surface area contributed by atoms with E-state index in [0.717, 1.165) is 29.3 Å². The maximum absolute atomic E-state index is 3.76. The summed E-state index contributed by atoms with van der Waals surface area (Å²) in [5, 5.41) is 3.76. The first-order valence-electron chi connectivity index (χ1n) is 8.64. The second-order valence-electron chi connectivity index (χ2n) is 7.56. The first-order valence-corrected chi connectivity index (χ1v) is 8.64. The molecular formula is C17H32N2. The zero-order valence-corrected chi connectivity index (χ0v) is 13.1. The normalized spacial score (nSPS) is 38.4. The van der Waals surface area contributed by atoms with Crippen LogP contribution in [-0.2, 0) is 0 Å². The molecule has 0 bridgehead atoms. The maximum atomic E-state index is 3.76. The Morgan fingerprint density at radius 3 is 2.47 bits per heavy atom. The molecule has 0 amide bonds. The molecule has 3 aliphatic rings. The molecular weight excluding hydrogens is 232 g/mol. The van der Waals surface area contributed by atoms with Gasteiger partial charge in [0.05, 0.1) is 0 Å². The standard InChI is InChI=1S/C17H32N2/c1-4-10-18-16-7-11-19(14(3)13(16)2)12-17(8-9-17)15-5-6-15/h13-16,18H,4-12H2,1-3H3. The lowest BCUT2D eigenvalue weighted by Gasteiger charge is -2.44. The van der Waals surface area contributed by atoms with Crippen LogP contribution in [0, 0.1) is 17.3 Å². The average Bonchev–Trinajstić information content (AvgIpc) is 3.26. The van der Waals surface area contributed by atoms with Crippen LogP contribution < -0.4 is 5.32 Å². The highest BCUT2D eigenvalue weighted by molar-refractivity contribution is 5.06. The van der Waals surface area contributed by atoms with Gasteiger partial charge in [-0.15, -0.1) is 0 Å². The Morgan fingerprint density at radius 2 is 1.89 bits per heavy atom. The van der Waals surface area contributed by atoms with Crippen molar-refractivity contribution in [2.24, 2.45) is 17.3 Å². The summed E-state index contributed by atoms with van der Waals surface area (Å²) < 4.78 is 0. The maximum Gasteiger partial charge on any atom is 0.0120 e. The van der Waals surface area contributed by atoms with Crippen LogP contribution >= 0.6 is 0 Å². The van der Waals surface area contributed by atoms with Crippen molar-refractivity contribution in [3.8, 4) is 0 Å². The van der Waals surface area contributed by atoms with Gasteiger partial charge in [-0.1, -0.05) is 13.8 Å². The quantitative estimate of drug-likeness (QED) is 0.792. The molecule has 0 aromatic heterocycles. The minimum Gasteiger partial charge on any atom is -0.314 e. The van der Waals surface area contributed by atoms with Crippen LogP contribution in [0.15, 0.2) is 0 Å². The van der Waals surface area contributed by atoms with Crippen LogP contribution in [0.4, 0.5) is 0 Å². The fourth-order valence-electron chi connectivity index (χ4n) is 4.24. The lowest BCUT2D eigenvalue weighted by molar-refractivity contribution is 0.0618. The van der Waals surface area contributed by atoms with Crippen molar-refractivity contribution in [3.63, 3.8) is 0 Å². The molecule has 110 valence electrons. The molecule has 1 N–H and O–H groups in total. The number of nitrogens with zero attached hydrogens (tertiary/aromatic N) is 1. The number of piperidine rings is 1. The highest BCUT2D eigenvalue weighted by Gasteiger charge is 2.54. The topological polar surface area (TPSA) is 15.3 Å². The number of likely N-dealkylation sites (tertiary alicyclic amines) is 1. The average molecular weight is 264 g/mol. The minimum atomic E-state index is 0.752. The van der Waals surface area contributed by atoms with Crippen molar-refractivity contribution in [3.05, 3.63) is 0 Å². The van der Waals surface area contributed by atoms with Gasteiger partial charge < -0.3 is 5.32 Å². The van der Waals surface area contributed by atoms with E-state index in [1.54, 1.807) is 0 Å². The zero-order chi connectivity index (χ0) is 13.5. The van der Waals surface area contributed by atoms with Crippen molar-refractivity contribution in [2.75, 3.05) is 19.6 Å². The molecule has 2 saturated carbocycles. The SMILES string of the molecule is CCCNC1CCN(CC2(C3CC3)CC2)C(C)C1C. The van der Waals surface area contributed by atoms with Gasteiger partial charge in [0.15, 0.2) is 0 Å². The molecule has 3 rings (SSSR count). The minimum absolute atomic E-state index is 0.752. The van der Waals surface area contributed by atoms with Gasteiger partial charge in [-0.3, -0.25) is 4.90 Å². The predicted molar refractivity (Wildman–Crippen MR) is 81.3 cm³/mol. The summed E-state index contributed by atoms with van der Waals surface area (Å²) in [5.41, 5.74) is 0.775. The van der Waals surface area contributed by atoms with Crippen molar-refractivity contribution in [1.29, 1.82) is 0 Å². The zero-order valence-electron chi connectivity index (χ0n) is 13.1. The number of nitrogens with one attached hydrogen (secondary N) is 1. The van der Waals surface area contributed by atoms with Gasteiger partial charge in [0.2, 0.25) is 0 Å². The van der Waals surface area contributed by atoms with Crippen LogP contribution in [0.1, 0.15) is 59.3 Å². The van der Waals surface area contributed by atoms with Gasteiger partial charge in [0.25, 0.3) is 0 Å². The van der Waals surface area contributed by atoms with E-state index < -0.39 is 0 Å². The molecule has 3 fully saturated rings. The fraction of sp³-hybridized carbons (Fsp3) is 1.00. The molecule has 3 unspecified atom stereocenters. The largest absolute Gasteiger partial charge is 0.314 e. The Bertz CT molecular complexity index is 306. The third kappa shape index (κ3) is 2.85. The Balaban J connectivity index is 1.54. The first kappa shape index (κ1) is 13.9. The van der Waals surface area contributed by atoms with Crippen molar-refractivity contribution >= 4 is 0 Å². The second-order valence-corrected chi connectivity index (χ2v) is 7.56. The Labute approximate surface area is 119 Å². The summed E-state index contributed by atoms with van der Waals surface area (Å²) in [4.78, 5) is 2.82. The summed E-state index contributed by atoms with van der Waals surface area (Å²) in [6, 6.07) is 1.52. The summed E-state index contributed by atoms with van der Waals surface area (Å²) in [5.74, 6) is 1.90. The summed E-state index contributed by atoms with van der Waals surface area (Å²) in [6.07, 6.45) is 8.70. The van der Waals surface area contributed by atoms with E-state index >= 15 is 0 Å². The third-order valence-electron chi connectivity index (χ3n) is 6.21. The van der Waals surface area contributed by atoms with Crippen molar-refractivity contribution in [1.82, 2.24) is 10.2 Å². The molecule has 2 aliphatic carbocycles. The first-order chi connectivity index (χ1) is 9.16. The number of hydrogen-bond donors (Lipinski definition) is 1. The Morgan fingerprint density at radius 1 is 1.16 bits per heavy atom. The van der Waals surface area contributed by atoms with E-state index in [9.17, 15) is 0 Å².